The van der Waals surface area contributed by atoms with Gasteiger partial charge in [0.2, 0.25) is 0 Å². The van der Waals surface area contributed by atoms with E-state index in [0.717, 1.165) is 25.1 Å². The second kappa shape index (κ2) is 8.11. The van der Waals surface area contributed by atoms with Crippen molar-refractivity contribution >= 4 is 0 Å². The van der Waals surface area contributed by atoms with E-state index in [4.69, 9.17) is 0 Å². The summed E-state index contributed by atoms with van der Waals surface area (Å²) >= 11 is 0. The molecule has 2 unspecified atom stereocenters. The van der Waals surface area contributed by atoms with Crippen LogP contribution in [0.1, 0.15) is 39.8 Å². The molecular formula is C17H28N4. The van der Waals surface area contributed by atoms with E-state index < -0.39 is 5.54 Å². The minimum atomic E-state index is -0.479. The zero-order valence-electron chi connectivity index (χ0n) is 13.9. The van der Waals surface area contributed by atoms with E-state index in [9.17, 15) is 5.26 Å². The standard InChI is InChI=1S/C17H28N4/c1-14(2)20-17(4,13-18)12-15(3)21(5)11-9-16-8-6-7-10-19-16/h6-8,10,14-15,20H,9,11-12H2,1-5H3. The Morgan fingerprint density at radius 3 is 2.62 bits per heavy atom. The Hall–Kier alpha value is -1.44. The largest absolute Gasteiger partial charge is 0.303 e. The highest BCUT2D eigenvalue weighted by Gasteiger charge is 2.28. The molecule has 4 heteroatoms. The topological polar surface area (TPSA) is 52.0 Å². The van der Waals surface area contributed by atoms with E-state index in [-0.39, 0.29) is 0 Å². The van der Waals surface area contributed by atoms with Gasteiger partial charge in [0.25, 0.3) is 0 Å². The zero-order chi connectivity index (χ0) is 15.9. The van der Waals surface area contributed by atoms with Gasteiger partial charge in [-0.1, -0.05) is 6.07 Å². The molecule has 0 amide bonds. The Balaban J connectivity index is 2.50. The van der Waals surface area contributed by atoms with Crippen LogP contribution in [0.2, 0.25) is 0 Å². The van der Waals surface area contributed by atoms with Crippen molar-refractivity contribution in [1.29, 1.82) is 5.26 Å². The average molecular weight is 288 g/mol. The number of hydrogen-bond donors (Lipinski definition) is 1. The first-order chi connectivity index (χ1) is 9.86. The monoisotopic (exact) mass is 288 g/mol. The second-order valence-corrected chi connectivity index (χ2v) is 6.35. The van der Waals surface area contributed by atoms with Gasteiger partial charge >= 0.3 is 0 Å². The van der Waals surface area contributed by atoms with Crippen LogP contribution in [0, 0.1) is 11.3 Å². The Morgan fingerprint density at radius 1 is 1.38 bits per heavy atom. The van der Waals surface area contributed by atoms with E-state index in [1.54, 1.807) is 0 Å². The molecule has 2 atom stereocenters. The Kier molecular flexibility index (Phi) is 6.80. The molecule has 1 N–H and O–H groups in total. The quantitative estimate of drug-likeness (QED) is 0.799. The van der Waals surface area contributed by atoms with Crippen molar-refractivity contribution in [3.63, 3.8) is 0 Å². The van der Waals surface area contributed by atoms with Crippen LogP contribution in [0.5, 0.6) is 0 Å². The number of hydrogen-bond acceptors (Lipinski definition) is 4. The summed E-state index contributed by atoms with van der Waals surface area (Å²) in [6, 6.07) is 9.07. The molecule has 0 aromatic carbocycles. The molecule has 1 heterocycles. The average Bonchev–Trinajstić information content (AvgIpc) is 2.44. The molecule has 1 rings (SSSR count). The molecule has 1 aromatic heterocycles. The fourth-order valence-electron chi connectivity index (χ4n) is 2.58. The first-order valence-corrected chi connectivity index (χ1v) is 7.65. The predicted octanol–water partition coefficient (Wildman–Crippen LogP) is 2.61. The molecule has 1 aromatic rings. The maximum Gasteiger partial charge on any atom is 0.105 e. The van der Waals surface area contributed by atoms with Crippen molar-refractivity contribution in [2.45, 2.75) is 58.2 Å². The first kappa shape index (κ1) is 17.6. The van der Waals surface area contributed by atoms with Gasteiger partial charge in [-0.05, 0) is 53.3 Å². The van der Waals surface area contributed by atoms with Crippen LogP contribution in [0.25, 0.3) is 0 Å². The summed E-state index contributed by atoms with van der Waals surface area (Å²) in [6.07, 6.45) is 3.57. The summed E-state index contributed by atoms with van der Waals surface area (Å²) in [7, 11) is 2.11. The minimum absolute atomic E-state index is 0.306. The molecule has 0 radical (unpaired) electrons. The molecule has 0 aliphatic rings. The maximum absolute atomic E-state index is 9.43. The van der Waals surface area contributed by atoms with Gasteiger partial charge in [-0.2, -0.15) is 5.26 Å². The molecule has 0 spiro atoms. The lowest BCUT2D eigenvalue weighted by molar-refractivity contribution is 0.210. The third-order valence-corrected chi connectivity index (χ3v) is 3.76. The van der Waals surface area contributed by atoms with Crippen LogP contribution in [0.4, 0.5) is 0 Å². The summed E-state index contributed by atoms with van der Waals surface area (Å²) in [5.41, 5.74) is 0.632. The normalized spacial score (nSPS) is 15.7. The van der Waals surface area contributed by atoms with Crippen LogP contribution in [0.3, 0.4) is 0 Å². The van der Waals surface area contributed by atoms with E-state index in [0.29, 0.717) is 12.1 Å². The minimum Gasteiger partial charge on any atom is -0.303 e. The number of nitriles is 1. The third kappa shape index (κ3) is 6.24. The number of likely N-dealkylation sites (N-methyl/N-ethyl adjacent to an activating group) is 1. The Labute approximate surface area is 129 Å². The van der Waals surface area contributed by atoms with E-state index in [1.165, 1.54) is 0 Å². The summed E-state index contributed by atoms with van der Waals surface area (Å²) < 4.78 is 0. The van der Waals surface area contributed by atoms with Crippen molar-refractivity contribution in [3.8, 4) is 6.07 Å². The smallest absolute Gasteiger partial charge is 0.105 e. The summed E-state index contributed by atoms with van der Waals surface area (Å²) in [5.74, 6) is 0. The molecule has 0 aliphatic carbocycles. The van der Waals surface area contributed by atoms with Gasteiger partial charge < -0.3 is 4.90 Å². The van der Waals surface area contributed by atoms with Crippen molar-refractivity contribution in [2.24, 2.45) is 0 Å². The highest BCUT2D eigenvalue weighted by Crippen LogP contribution is 2.16. The summed E-state index contributed by atoms with van der Waals surface area (Å²) in [4.78, 5) is 6.65. The van der Waals surface area contributed by atoms with E-state index in [1.807, 2.05) is 25.3 Å². The van der Waals surface area contributed by atoms with Gasteiger partial charge in [0.05, 0.1) is 6.07 Å². The predicted molar refractivity (Wildman–Crippen MR) is 86.9 cm³/mol. The fraction of sp³-hybridized carbons (Fsp3) is 0.647. The van der Waals surface area contributed by atoms with Crippen molar-refractivity contribution in [3.05, 3.63) is 30.1 Å². The van der Waals surface area contributed by atoms with Crippen LogP contribution in [-0.4, -0.2) is 41.1 Å². The van der Waals surface area contributed by atoms with Crippen LogP contribution in [0.15, 0.2) is 24.4 Å². The lowest BCUT2D eigenvalue weighted by Crippen LogP contribution is -2.49. The number of pyridine rings is 1. The summed E-state index contributed by atoms with van der Waals surface area (Å²) in [5, 5.41) is 12.8. The number of rotatable bonds is 8. The van der Waals surface area contributed by atoms with Gasteiger partial charge in [-0.3, -0.25) is 10.3 Å². The third-order valence-electron chi connectivity index (χ3n) is 3.76. The van der Waals surface area contributed by atoms with Gasteiger partial charge in [-0.15, -0.1) is 0 Å². The molecule has 116 valence electrons. The Bertz CT molecular complexity index is 452. The molecule has 0 fully saturated rings. The van der Waals surface area contributed by atoms with Gasteiger partial charge in [0.1, 0.15) is 5.54 Å². The number of nitrogens with one attached hydrogen (secondary N) is 1. The van der Waals surface area contributed by atoms with Crippen LogP contribution >= 0.6 is 0 Å². The molecule has 4 nitrogen and oxygen atoms in total. The Morgan fingerprint density at radius 2 is 2.10 bits per heavy atom. The first-order valence-electron chi connectivity index (χ1n) is 7.65. The van der Waals surface area contributed by atoms with E-state index >= 15 is 0 Å². The lowest BCUT2D eigenvalue weighted by atomic mass is 9.93. The van der Waals surface area contributed by atoms with Crippen molar-refractivity contribution < 1.29 is 0 Å². The summed E-state index contributed by atoms with van der Waals surface area (Å²) in [6.45, 7) is 9.25. The molecule has 0 saturated heterocycles. The molecular weight excluding hydrogens is 260 g/mol. The number of nitrogens with zero attached hydrogens (tertiary/aromatic N) is 3. The van der Waals surface area contributed by atoms with Crippen molar-refractivity contribution in [1.82, 2.24) is 15.2 Å². The highest BCUT2D eigenvalue weighted by atomic mass is 15.1. The molecule has 0 bridgehead atoms. The van der Waals surface area contributed by atoms with Gasteiger partial charge in [-0.25, -0.2) is 0 Å². The zero-order valence-corrected chi connectivity index (χ0v) is 13.9. The lowest BCUT2D eigenvalue weighted by Gasteiger charge is -2.33. The number of aromatic nitrogens is 1. The SMILES string of the molecule is CC(C)NC(C)(C#N)CC(C)N(C)CCc1ccccn1. The van der Waals surface area contributed by atoms with Crippen LogP contribution in [-0.2, 0) is 6.42 Å². The van der Waals surface area contributed by atoms with Gasteiger partial charge in [0.15, 0.2) is 0 Å². The fourth-order valence-corrected chi connectivity index (χ4v) is 2.58. The molecule has 0 aliphatic heterocycles. The van der Waals surface area contributed by atoms with Gasteiger partial charge in [0, 0.05) is 36.9 Å². The second-order valence-electron chi connectivity index (χ2n) is 6.35. The van der Waals surface area contributed by atoms with Crippen molar-refractivity contribution in [2.75, 3.05) is 13.6 Å². The maximum atomic E-state index is 9.43. The highest BCUT2D eigenvalue weighted by molar-refractivity contribution is 5.06. The van der Waals surface area contributed by atoms with Crippen LogP contribution < -0.4 is 5.32 Å². The molecule has 21 heavy (non-hydrogen) atoms. The molecule has 0 saturated carbocycles. The van der Waals surface area contributed by atoms with E-state index in [2.05, 4.69) is 55.2 Å².